The van der Waals surface area contributed by atoms with Crippen LogP contribution in [0.4, 0.5) is 0 Å². The van der Waals surface area contributed by atoms with Gasteiger partial charge in [-0.05, 0) is 32.6 Å². The van der Waals surface area contributed by atoms with Gasteiger partial charge in [-0.1, -0.05) is 37.3 Å². The Morgan fingerprint density at radius 1 is 1.31 bits per heavy atom. The Balaban J connectivity index is 1.96. The average Bonchev–Trinajstić information content (AvgIpc) is 2.99. The lowest BCUT2D eigenvalue weighted by Gasteiger charge is -2.16. The first kappa shape index (κ1) is 18.5. The van der Waals surface area contributed by atoms with Crippen LogP contribution in [0, 0.1) is 0 Å². The van der Waals surface area contributed by atoms with Crippen LogP contribution in [0.5, 0.6) is 0 Å². The number of hydrogen-bond donors (Lipinski definition) is 1. The molecule has 2 amide bonds. The van der Waals surface area contributed by atoms with Gasteiger partial charge < -0.3 is 5.32 Å². The zero-order valence-corrected chi connectivity index (χ0v) is 16.2. The first-order chi connectivity index (χ1) is 12.4. The molecule has 26 heavy (non-hydrogen) atoms. The summed E-state index contributed by atoms with van der Waals surface area (Å²) in [7, 11) is -0.446. The first-order valence-corrected chi connectivity index (χ1v) is 10.1. The van der Waals surface area contributed by atoms with E-state index in [2.05, 4.69) is 26.2 Å². The van der Waals surface area contributed by atoms with E-state index in [0.29, 0.717) is 21.0 Å². The molecule has 1 radical (unpaired) electrons. The van der Waals surface area contributed by atoms with Crippen molar-refractivity contribution in [2.75, 3.05) is 5.75 Å². The normalized spacial score (nSPS) is 19.9. The summed E-state index contributed by atoms with van der Waals surface area (Å²) in [5, 5.41) is 4.91. The molecular weight excluding hydrogens is 418 g/mol. The largest absolute Gasteiger partial charge is 0.336 e. The summed E-state index contributed by atoms with van der Waals surface area (Å²) in [5.41, 5.74) is 8.49. The molecule has 8 heteroatoms. The van der Waals surface area contributed by atoms with E-state index in [-0.39, 0.29) is 16.9 Å². The molecule has 0 fully saturated rings. The molecule has 2 atom stereocenters. The van der Waals surface area contributed by atoms with Gasteiger partial charge in [-0.2, -0.15) is 0 Å². The molecule has 2 aliphatic rings. The molecular formula is C18H15BrN3O3S. The number of aliphatic imine (C=N–C) groups is 1. The van der Waals surface area contributed by atoms with E-state index in [1.807, 2.05) is 6.92 Å². The Labute approximate surface area is 161 Å². The van der Waals surface area contributed by atoms with Crippen LogP contribution in [0.15, 0.2) is 57.2 Å². The Bertz CT molecular complexity index is 932. The molecule has 0 aliphatic carbocycles. The van der Waals surface area contributed by atoms with Crippen LogP contribution in [-0.2, 0) is 14.4 Å². The number of nitrogens with one attached hydrogen (secondary N) is 2. The average molecular weight is 433 g/mol. The SMILES string of the molecule is CCS1=CC(C(=O)NC(C([NH])=O)c2ccccc2)=C2C(=O)C=C(Br)N=C21. The minimum Gasteiger partial charge on any atom is -0.336 e. The molecule has 0 spiro atoms. The number of benzene rings is 1. The second-order valence-electron chi connectivity index (χ2n) is 5.55. The summed E-state index contributed by atoms with van der Waals surface area (Å²) in [4.78, 5) is 41.3. The van der Waals surface area contributed by atoms with Gasteiger partial charge in [0.1, 0.15) is 15.7 Å². The van der Waals surface area contributed by atoms with Crippen molar-refractivity contribution in [1.29, 1.82) is 0 Å². The van der Waals surface area contributed by atoms with Crippen LogP contribution in [0.2, 0.25) is 0 Å². The van der Waals surface area contributed by atoms with Crippen molar-refractivity contribution in [2.24, 2.45) is 4.99 Å². The fourth-order valence-corrected chi connectivity index (χ4v) is 4.96. The molecule has 0 bridgehead atoms. The lowest BCUT2D eigenvalue weighted by molar-refractivity contribution is -0.125. The van der Waals surface area contributed by atoms with E-state index in [1.54, 1.807) is 35.7 Å². The summed E-state index contributed by atoms with van der Waals surface area (Å²) in [6.07, 6.45) is 1.33. The Kier molecular flexibility index (Phi) is 5.33. The summed E-state index contributed by atoms with van der Waals surface area (Å²) in [6, 6.07) is 7.49. The summed E-state index contributed by atoms with van der Waals surface area (Å²) >= 11 is 3.22. The smallest absolute Gasteiger partial charge is 0.265 e. The summed E-state index contributed by atoms with van der Waals surface area (Å²) in [6.45, 7) is 1.96. The molecule has 1 aromatic rings. The van der Waals surface area contributed by atoms with Gasteiger partial charge in [-0.25, -0.2) is 4.99 Å². The van der Waals surface area contributed by atoms with Gasteiger partial charge in [0.25, 0.3) is 11.8 Å². The van der Waals surface area contributed by atoms with Crippen molar-refractivity contribution in [3.8, 4) is 0 Å². The minimum absolute atomic E-state index is 0.220. The molecule has 2 aliphatic heterocycles. The number of hydrogen-bond acceptors (Lipinski definition) is 4. The van der Waals surface area contributed by atoms with Crippen molar-refractivity contribution >= 4 is 54.4 Å². The molecule has 3 rings (SSSR count). The fraction of sp³-hybridized carbons (Fsp3) is 0.167. The summed E-state index contributed by atoms with van der Waals surface area (Å²) < 4.78 is 0.436. The second kappa shape index (κ2) is 7.51. The zero-order chi connectivity index (χ0) is 18.8. The van der Waals surface area contributed by atoms with Gasteiger partial charge >= 0.3 is 0 Å². The van der Waals surface area contributed by atoms with E-state index < -0.39 is 28.3 Å². The third kappa shape index (κ3) is 3.47. The van der Waals surface area contributed by atoms with Crippen molar-refractivity contribution < 1.29 is 14.4 Å². The van der Waals surface area contributed by atoms with E-state index >= 15 is 0 Å². The highest BCUT2D eigenvalue weighted by molar-refractivity contribution is 9.11. The van der Waals surface area contributed by atoms with E-state index in [1.165, 1.54) is 6.08 Å². The highest BCUT2D eigenvalue weighted by Crippen LogP contribution is 2.35. The van der Waals surface area contributed by atoms with Crippen molar-refractivity contribution in [3.05, 3.63) is 57.7 Å². The monoisotopic (exact) mass is 432 g/mol. The standard InChI is InChI=1S/C18H15BrN3O3S/c1-2-26-9-11(14-12(23)8-13(19)21-18(14)26)17(25)22-15(16(20)24)10-6-4-3-5-7-10/h3-9,15,20H,2H2,1H3,(H,22,25). The third-order valence-electron chi connectivity index (χ3n) is 3.92. The second-order valence-corrected chi connectivity index (χ2v) is 8.42. The molecule has 0 saturated carbocycles. The lowest BCUT2D eigenvalue weighted by Crippen LogP contribution is -2.36. The number of nitrogens with zero attached hydrogens (tertiary/aromatic N) is 1. The van der Waals surface area contributed by atoms with Crippen molar-refractivity contribution in [2.45, 2.75) is 13.0 Å². The summed E-state index contributed by atoms with van der Waals surface area (Å²) in [5.74, 6) is -1.05. The molecule has 133 valence electrons. The van der Waals surface area contributed by atoms with Crippen LogP contribution in [0.1, 0.15) is 18.5 Å². The topological polar surface area (TPSA) is 99.4 Å². The van der Waals surface area contributed by atoms with Crippen LogP contribution >= 0.6 is 26.4 Å². The number of carbonyl (C=O) groups excluding carboxylic acids is 3. The molecule has 1 aromatic carbocycles. The van der Waals surface area contributed by atoms with Gasteiger partial charge in [-0.3, -0.25) is 20.1 Å². The van der Waals surface area contributed by atoms with Crippen molar-refractivity contribution in [1.82, 2.24) is 11.1 Å². The van der Waals surface area contributed by atoms with Gasteiger partial charge in [0.2, 0.25) is 0 Å². The third-order valence-corrected chi connectivity index (χ3v) is 6.26. The van der Waals surface area contributed by atoms with Crippen LogP contribution in [-0.4, -0.2) is 33.8 Å². The Hall–Kier alpha value is -2.32. The van der Waals surface area contributed by atoms with E-state index in [0.717, 1.165) is 0 Å². The van der Waals surface area contributed by atoms with E-state index in [9.17, 15) is 14.4 Å². The van der Waals surface area contributed by atoms with Gasteiger partial charge in [-0.15, -0.1) is 10.5 Å². The Morgan fingerprint density at radius 2 is 2.00 bits per heavy atom. The highest BCUT2D eigenvalue weighted by Gasteiger charge is 2.33. The van der Waals surface area contributed by atoms with Gasteiger partial charge in [0, 0.05) is 6.08 Å². The number of halogens is 1. The lowest BCUT2D eigenvalue weighted by atomic mass is 10.0. The number of allylic oxidation sites excluding steroid dienone is 1. The molecule has 0 saturated heterocycles. The van der Waals surface area contributed by atoms with Crippen molar-refractivity contribution in [3.63, 3.8) is 0 Å². The Morgan fingerprint density at radius 3 is 2.62 bits per heavy atom. The van der Waals surface area contributed by atoms with Crippen LogP contribution < -0.4 is 11.1 Å². The number of amides is 2. The molecule has 0 aromatic heterocycles. The quantitative estimate of drug-likeness (QED) is 0.570. The molecule has 6 nitrogen and oxygen atoms in total. The molecule has 2 heterocycles. The van der Waals surface area contributed by atoms with Crippen LogP contribution in [0.25, 0.3) is 0 Å². The van der Waals surface area contributed by atoms with E-state index in [4.69, 9.17) is 5.73 Å². The zero-order valence-electron chi connectivity index (χ0n) is 13.8. The predicted molar refractivity (Wildman–Crippen MR) is 106 cm³/mol. The fourth-order valence-electron chi connectivity index (χ4n) is 2.71. The van der Waals surface area contributed by atoms with Gasteiger partial charge in [0.15, 0.2) is 5.78 Å². The first-order valence-electron chi connectivity index (χ1n) is 7.83. The predicted octanol–water partition coefficient (Wildman–Crippen LogP) is 2.27. The number of rotatable bonds is 5. The number of carbonyl (C=O) groups is 3. The van der Waals surface area contributed by atoms with Crippen LogP contribution in [0.3, 0.4) is 0 Å². The van der Waals surface area contributed by atoms with Gasteiger partial charge in [0.05, 0.1) is 11.1 Å². The maximum Gasteiger partial charge on any atom is 0.265 e. The minimum atomic E-state index is -1.09. The number of fused-ring (bicyclic) bond motifs is 1. The molecule has 2 unspecified atom stereocenters. The number of ketones is 1. The maximum absolute atomic E-state index is 12.8. The molecule has 2 N–H and O–H groups in total. The highest BCUT2D eigenvalue weighted by atomic mass is 79.9. The maximum atomic E-state index is 12.8.